The summed E-state index contributed by atoms with van der Waals surface area (Å²) in [7, 11) is 0. The van der Waals surface area contributed by atoms with Gasteiger partial charge in [0.05, 0.1) is 0 Å². The molecule has 126 valence electrons. The Morgan fingerprint density at radius 3 is 2.70 bits per heavy atom. The van der Waals surface area contributed by atoms with E-state index in [0.717, 1.165) is 57.1 Å². The van der Waals surface area contributed by atoms with Crippen molar-refractivity contribution >= 4 is 5.91 Å². The molecule has 0 N–H and O–H groups in total. The van der Waals surface area contributed by atoms with Crippen molar-refractivity contribution in [2.24, 2.45) is 17.8 Å². The Kier molecular flexibility index (Phi) is 4.36. The molecule has 1 atom stereocenters. The molecular weight excluding hydrogens is 288 g/mol. The van der Waals surface area contributed by atoms with E-state index in [1.165, 1.54) is 32.1 Å². The molecule has 1 aromatic heterocycles. The largest absolute Gasteiger partial charge is 0.342 e. The molecule has 1 aliphatic heterocycles. The van der Waals surface area contributed by atoms with E-state index in [2.05, 4.69) is 19.7 Å². The molecule has 2 saturated carbocycles. The first-order valence-electron chi connectivity index (χ1n) is 9.45. The van der Waals surface area contributed by atoms with Gasteiger partial charge in [-0.3, -0.25) is 4.79 Å². The van der Waals surface area contributed by atoms with Crippen LogP contribution in [0.5, 0.6) is 0 Å². The summed E-state index contributed by atoms with van der Waals surface area (Å²) < 4.78 is 2.24. The van der Waals surface area contributed by atoms with Gasteiger partial charge in [-0.2, -0.15) is 0 Å². The lowest BCUT2D eigenvalue weighted by atomic mass is 9.88. The number of hydrogen-bond donors (Lipinski definition) is 0. The summed E-state index contributed by atoms with van der Waals surface area (Å²) in [6, 6.07) is 0. The zero-order chi connectivity index (χ0) is 15.6. The molecule has 1 saturated heterocycles. The van der Waals surface area contributed by atoms with Gasteiger partial charge in [-0.05, 0) is 43.9 Å². The van der Waals surface area contributed by atoms with E-state index < -0.39 is 0 Å². The van der Waals surface area contributed by atoms with Gasteiger partial charge >= 0.3 is 0 Å². The molecule has 4 rings (SSSR count). The average molecular weight is 316 g/mol. The van der Waals surface area contributed by atoms with E-state index in [9.17, 15) is 4.79 Å². The molecule has 5 heteroatoms. The van der Waals surface area contributed by atoms with Crippen molar-refractivity contribution in [1.29, 1.82) is 0 Å². The van der Waals surface area contributed by atoms with Gasteiger partial charge in [-0.15, -0.1) is 10.2 Å². The second-order valence-corrected chi connectivity index (χ2v) is 7.82. The maximum Gasteiger partial charge on any atom is 0.225 e. The van der Waals surface area contributed by atoms with Crippen LogP contribution < -0.4 is 0 Å². The highest BCUT2D eigenvalue weighted by Crippen LogP contribution is 2.32. The fourth-order valence-corrected chi connectivity index (χ4v) is 4.23. The lowest BCUT2D eigenvalue weighted by molar-refractivity contribution is -0.135. The quantitative estimate of drug-likeness (QED) is 0.839. The monoisotopic (exact) mass is 316 g/mol. The minimum Gasteiger partial charge on any atom is -0.342 e. The predicted octanol–water partition coefficient (Wildman–Crippen LogP) is 2.66. The fraction of sp³-hybridized carbons (Fsp3) is 0.833. The first-order chi connectivity index (χ1) is 11.3. The average Bonchev–Trinajstić information content (AvgIpc) is 3.10. The van der Waals surface area contributed by atoms with Crippen LogP contribution in [0, 0.1) is 17.8 Å². The molecule has 23 heavy (non-hydrogen) atoms. The highest BCUT2D eigenvalue weighted by molar-refractivity contribution is 5.79. The van der Waals surface area contributed by atoms with Crippen molar-refractivity contribution in [3.05, 3.63) is 12.2 Å². The van der Waals surface area contributed by atoms with Crippen LogP contribution >= 0.6 is 0 Å². The molecule has 1 aromatic rings. The van der Waals surface area contributed by atoms with Crippen LogP contribution in [0.15, 0.2) is 6.33 Å². The van der Waals surface area contributed by atoms with Gasteiger partial charge in [0.2, 0.25) is 5.91 Å². The molecule has 1 unspecified atom stereocenters. The second-order valence-electron chi connectivity index (χ2n) is 7.82. The Morgan fingerprint density at radius 2 is 1.91 bits per heavy atom. The van der Waals surface area contributed by atoms with E-state index in [4.69, 9.17) is 0 Å². The number of likely N-dealkylation sites (tertiary alicyclic amines) is 1. The Labute approximate surface area is 138 Å². The van der Waals surface area contributed by atoms with Crippen molar-refractivity contribution in [1.82, 2.24) is 19.7 Å². The number of nitrogens with zero attached hydrogens (tertiary/aromatic N) is 4. The van der Waals surface area contributed by atoms with E-state index in [0.29, 0.717) is 17.7 Å². The highest BCUT2D eigenvalue weighted by Gasteiger charge is 2.32. The minimum absolute atomic E-state index is 0.306. The molecule has 0 radical (unpaired) electrons. The minimum atomic E-state index is 0.306. The number of carbonyl (C=O) groups is 1. The van der Waals surface area contributed by atoms with Crippen molar-refractivity contribution in [3.63, 3.8) is 0 Å². The van der Waals surface area contributed by atoms with Gasteiger partial charge in [0, 0.05) is 32.0 Å². The third kappa shape index (κ3) is 3.59. The van der Waals surface area contributed by atoms with Crippen LogP contribution in [0.4, 0.5) is 0 Å². The number of aromatic nitrogens is 3. The summed E-state index contributed by atoms with van der Waals surface area (Å²) in [5, 5.41) is 8.43. The third-order valence-corrected chi connectivity index (χ3v) is 5.87. The molecule has 0 aromatic carbocycles. The molecule has 0 bridgehead atoms. The molecule has 3 aliphatic rings. The van der Waals surface area contributed by atoms with Crippen molar-refractivity contribution in [3.8, 4) is 0 Å². The van der Waals surface area contributed by atoms with E-state index in [1.54, 1.807) is 0 Å². The Hall–Kier alpha value is -1.39. The van der Waals surface area contributed by atoms with Crippen LogP contribution in [0.3, 0.4) is 0 Å². The van der Waals surface area contributed by atoms with E-state index in [-0.39, 0.29) is 0 Å². The summed E-state index contributed by atoms with van der Waals surface area (Å²) in [5.74, 6) is 3.25. The Bertz CT molecular complexity index is 545. The molecule has 2 aliphatic carbocycles. The topological polar surface area (TPSA) is 51.0 Å². The normalized spacial score (nSPS) is 25.9. The SMILES string of the molecule is O=C(C1CCCCC1)N1CCC(Cc2nncn2CC2CC2)C1. The number of amides is 1. The predicted molar refractivity (Wildman–Crippen MR) is 87.7 cm³/mol. The van der Waals surface area contributed by atoms with Gasteiger partial charge in [0.25, 0.3) is 0 Å². The molecule has 0 spiro atoms. The third-order valence-electron chi connectivity index (χ3n) is 5.87. The van der Waals surface area contributed by atoms with Crippen molar-refractivity contribution in [2.45, 2.75) is 64.3 Å². The maximum atomic E-state index is 12.7. The number of rotatable bonds is 5. The standard InChI is InChI=1S/C18H28N4O/c23-18(16-4-2-1-3-5-16)21-9-8-15(12-21)10-17-20-19-13-22(17)11-14-6-7-14/h13-16H,1-12H2. The summed E-state index contributed by atoms with van der Waals surface area (Å²) in [6.07, 6.45) is 12.7. The summed E-state index contributed by atoms with van der Waals surface area (Å²) in [5.41, 5.74) is 0. The van der Waals surface area contributed by atoms with Crippen molar-refractivity contribution in [2.75, 3.05) is 13.1 Å². The first kappa shape index (κ1) is 15.2. The molecule has 3 fully saturated rings. The van der Waals surface area contributed by atoms with E-state index >= 15 is 0 Å². The molecule has 5 nitrogen and oxygen atoms in total. The smallest absolute Gasteiger partial charge is 0.225 e. The lowest BCUT2D eigenvalue weighted by Crippen LogP contribution is -2.35. The van der Waals surface area contributed by atoms with Gasteiger partial charge in [-0.25, -0.2) is 0 Å². The van der Waals surface area contributed by atoms with Crippen LogP contribution in [-0.4, -0.2) is 38.7 Å². The Morgan fingerprint density at radius 1 is 1.09 bits per heavy atom. The molecular formula is C18H28N4O. The number of hydrogen-bond acceptors (Lipinski definition) is 3. The first-order valence-corrected chi connectivity index (χ1v) is 9.45. The van der Waals surface area contributed by atoms with Gasteiger partial charge < -0.3 is 9.47 Å². The zero-order valence-corrected chi connectivity index (χ0v) is 14.0. The van der Waals surface area contributed by atoms with Gasteiger partial charge in [0.15, 0.2) is 0 Å². The van der Waals surface area contributed by atoms with Gasteiger partial charge in [0.1, 0.15) is 12.2 Å². The Balaban J connectivity index is 1.31. The van der Waals surface area contributed by atoms with E-state index in [1.807, 2.05) is 6.33 Å². The fourth-order valence-electron chi connectivity index (χ4n) is 4.23. The summed E-state index contributed by atoms with van der Waals surface area (Å²) in [6.45, 7) is 2.95. The van der Waals surface area contributed by atoms with Crippen molar-refractivity contribution < 1.29 is 4.79 Å². The highest BCUT2D eigenvalue weighted by atomic mass is 16.2. The van der Waals surface area contributed by atoms with Gasteiger partial charge in [-0.1, -0.05) is 19.3 Å². The van der Waals surface area contributed by atoms with Crippen LogP contribution in [-0.2, 0) is 17.8 Å². The summed E-state index contributed by atoms with van der Waals surface area (Å²) in [4.78, 5) is 14.8. The summed E-state index contributed by atoms with van der Waals surface area (Å²) >= 11 is 0. The van der Waals surface area contributed by atoms with Crippen LogP contribution in [0.1, 0.15) is 57.2 Å². The number of carbonyl (C=O) groups excluding carboxylic acids is 1. The van der Waals surface area contributed by atoms with Crippen LogP contribution in [0.25, 0.3) is 0 Å². The molecule has 2 heterocycles. The van der Waals surface area contributed by atoms with Crippen LogP contribution in [0.2, 0.25) is 0 Å². The second kappa shape index (κ2) is 6.62. The lowest BCUT2D eigenvalue weighted by Gasteiger charge is -2.26. The maximum absolute atomic E-state index is 12.7. The zero-order valence-electron chi connectivity index (χ0n) is 14.0. The molecule has 1 amide bonds.